The van der Waals surface area contributed by atoms with Crippen LogP contribution in [0.1, 0.15) is 25.7 Å². The zero-order valence-electron chi connectivity index (χ0n) is 9.97. The van der Waals surface area contributed by atoms with Crippen LogP contribution in [0.3, 0.4) is 0 Å². The predicted molar refractivity (Wildman–Crippen MR) is 61.4 cm³/mol. The maximum absolute atomic E-state index is 12.3. The Labute approximate surface area is 104 Å². The van der Waals surface area contributed by atoms with E-state index in [4.69, 9.17) is 5.11 Å². The van der Waals surface area contributed by atoms with Gasteiger partial charge in [-0.25, -0.2) is 0 Å². The smallest absolute Gasteiger partial charge is 0.304 e. The van der Waals surface area contributed by atoms with E-state index < -0.39 is 23.0 Å². The largest absolute Gasteiger partial charge is 0.481 e. The minimum atomic E-state index is -0.998. The summed E-state index contributed by atoms with van der Waals surface area (Å²) in [6.07, 6.45) is 3.42. The first kappa shape index (κ1) is 13.0. The molecule has 0 radical (unpaired) electrons. The number of carbonyl (C=O) groups is 1. The molecule has 2 aliphatic rings. The average molecular weight is 257 g/mol. The lowest BCUT2D eigenvalue weighted by Gasteiger charge is -2.48. The molecule has 0 aliphatic heterocycles. The molecule has 0 aromatic heterocycles. The predicted octanol–water partition coefficient (Wildman–Crippen LogP) is 2.05. The van der Waals surface area contributed by atoms with Crippen LogP contribution in [0.4, 0.5) is 4.39 Å². The van der Waals surface area contributed by atoms with Gasteiger partial charge in [0.2, 0.25) is 6.54 Å². The van der Waals surface area contributed by atoms with Gasteiger partial charge in [0, 0.05) is 4.92 Å². The zero-order chi connectivity index (χ0) is 13.3. The molecule has 6 heteroatoms. The number of aliphatic carboxylic acids is 1. The van der Waals surface area contributed by atoms with Crippen molar-refractivity contribution in [3.63, 3.8) is 0 Å². The van der Waals surface area contributed by atoms with Gasteiger partial charge in [-0.1, -0.05) is 11.6 Å². The molecule has 3 atom stereocenters. The Balaban J connectivity index is 2.13. The van der Waals surface area contributed by atoms with Gasteiger partial charge in [-0.2, -0.15) is 0 Å². The SMILES string of the molecule is O=C(O)C[C@@]1(C[N+](=O)[O-])C[C@H]2CC(CCF)=C[C@H]21. The van der Waals surface area contributed by atoms with Crippen molar-refractivity contribution < 1.29 is 19.2 Å². The van der Waals surface area contributed by atoms with E-state index in [0.717, 1.165) is 12.0 Å². The highest BCUT2D eigenvalue weighted by molar-refractivity contribution is 5.68. The lowest BCUT2D eigenvalue weighted by molar-refractivity contribution is -0.505. The van der Waals surface area contributed by atoms with Crippen LogP contribution in [0.15, 0.2) is 11.6 Å². The van der Waals surface area contributed by atoms with Gasteiger partial charge in [-0.05, 0) is 31.1 Å². The first-order valence-electron chi connectivity index (χ1n) is 6.06. The number of allylic oxidation sites excluding steroid dienone is 2. The summed E-state index contributed by atoms with van der Waals surface area (Å²) in [5.74, 6) is -0.769. The quantitative estimate of drug-likeness (QED) is 0.448. The van der Waals surface area contributed by atoms with Crippen LogP contribution >= 0.6 is 0 Å². The first-order valence-corrected chi connectivity index (χ1v) is 6.06. The molecular weight excluding hydrogens is 241 g/mol. The molecule has 1 fully saturated rings. The first-order chi connectivity index (χ1) is 8.47. The normalized spacial score (nSPS) is 33.5. The van der Waals surface area contributed by atoms with Crippen molar-refractivity contribution in [3.05, 3.63) is 21.8 Å². The van der Waals surface area contributed by atoms with Crippen LogP contribution in [0, 0.1) is 27.4 Å². The Bertz CT molecular complexity index is 391. The minimum absolute atomic E-state index is 0.0550. The summed E-state index contributed by atoms with van der Waals surface area (Å²) < 4.78 is 12.3. The van der Waals surface area contributed by atoms with Crippen molar-refractivity contribution in [2.45, 2.75) is 25.7 Å². The second-order valence-corrected chi connectivity index (χ2v) is 5.38. The maximum atomic E-state index is 12.3. The molecule has 1 N–H and O–H groups in total. The molecule has 100 valence electrons. The van der Waals surface area contributed by atoms with Crippen LogP contribution in [0.5, 0.6) is 0 Å². The number of fused-ring (bicyclic) bond motifs is 1. The number of carboxylic acids is 1. The van der Waals surface area contributed by atoms with Crippen LogP contribution in [-0.4, -0.2) is 29.2 Å². The monoisotopic (exact) mass is 257 g/mol. The van der Waals surface area contributed by atoms with E-state index in [1.54, 1.807) is 0 Å². The van der Waals surface area contributed by atoms with Crippen LogP contribution in [0.25, 0.3) is 0 Å². The van der Waals surface area contributed by atoms with E-state index in [-0.39, 0.29) is 24.8 Å². The fourth-order valence-electron chi connectivity index (χ4n) is 3.58. The van der Waals surface area contributed by atoms with Gasteiger partial charge in [-0.15, -0.1) is 0 Å². The van der Waals surface area contributed by atoms with Gasteiger partial charge in [-0.3, -0.25) is 19.3 Å². The molecule has 0 aromatic rings. The Kier molecular flexibility index (Phi) is 3.36. The Morgan fingerprint density at radius 3 is 2.94 bits per heavy atom. The van der Waals surface area contributed by atoms with E-state index in [0.29, 0.717) is 12.8 Å². The van der Waals surface area contributed by atoms with Gasteiger partial charge >= 0.3 is 5.97 Å². The lowest BCUT2D eigenvalue weighted by atomic mass is 9.53. The van der Waals surface area contributed by atoms with Crippen LogP contribution in [0.2, 0.25) is 0 Å². The number of halogens is 1. The third-order valence-electron chi connectivity index (χ3n) is 4.19. The Morgan fingerprint density at radius 2 is 2.39 bits per heavy atom. The molecule has 0 bridgehead atoms. The molecule has 0 aromatic carbocycles. The molecule has 0 unspecified atom stereocenters. The molecule has 18 heavy (non-hydrogen) atoms. The lowest BCUT2D eigenvalue weighted by Crippen LogP contribution is -2.50. The third kappa shape index (κ3) is 2.23. The maximum Gasteiger partial charge on any atom is 0.304 e. The molecule has 2 rings (SSSR count). The van der Waals surface area contributed by atoms with Crippen LogP contribution in [-0.2, 0) is 4.79 Å². The van der Waals surface area contributed by atoms with Crippen molar-refractivity contribution in [1.82, 2.24) is 0 Å². The summed E-state index contributed by atoms with van der Waals surface area (Å²) in [7, 11) is 0. The molecule has 0 saturated heterocycles. The van der Waals surface area contributed by atoms with Crippen molar-refractivity contribution in [1.29, 1.82) is 0 Å². The fourth-order valence-corrected chi connectivity index (χ4v) is 3.58. The van der Waals surface area contributed by atoms with Crippen molar-refractivity contribution >= 4 is 5.97 Å². The van der Waals surface area contributed by atoms with Gasteiger partial charge in [0.1, 0.15) is 0 Å². The number of alkyl halides is 1. The summed E-state index contributed by atoms with van der Waals surface area (Å²) in [4.78, 5) is 21.2. The van der Waals surface area contributed by atoms with E-state index in [9.17, 15) is 19.3 Å². The third-order valence-corrected chi connectivity index (χ3v) is 4.19. The molecular formula is C12H16FNO4. The highest BCUT2D eigenvalue weighted by Gasteiger charge is 2.58. The molecule has 2 aliphatic carbocycles. The number of rotatable bonds is 6. The van der Waals surface area contributed by atoms with Crippen molar-refractivity contribution in [2.24, 2.45) is 17.3 Å². The molecule has 0 amide bonds. The second-order valence-electron chi connectivity index (χ2n) is 5.38. The van der Waals surface area contributed by atoms with E-state index in [2.05, 4.69) is 0 Å². The number of hydrogen-bond acceptors (Lipinski definition) is 3. The summed E-state index contributed by atoms with van der Waals surface area (Å²) in [6, 6.07) is 0. The Hall–Kier alpha value is -1.46. The highest BCUT2D eigenvalue weighted by Crippen LogP contribution is 2.60. The van der Waals surface area contributed by atoms with Gasteiger partial charge in [0.05, 0.1) is 18.5 Å². The van der Waals surface area contributed by atoms with E-state index in [1.807, 2.05) is 6.08 Å². The standard InChI is InChI=1S/C12H16FNO4/c13-2-1-8-3-9-5-12(6-11(15)16,7-14(17)18)10(9)4-8/h4,9-10H,1-3,5-7H2,(H,15,16)/t9-,10-,12-/m1/s1. The highest BCUT2D eigenvalue weighted by atomic mass is 19.1. The fraction of sp³-hybridized carbons (Fsp3) is 0.750. The number of hydrogen-bond donors (Lipinski definition) is 1. The van der Waals surface area contributed by atoms with Crippen molar-refractivity contribution in [2.75, 3.05) is 13.2 Å². The van der Waals surface area contributed by atoms with Crippen molar-refractivity contribution in [3.8, 4) is 0 Å². The van der Waals surface area contributed by atoms with Gasteiger partial charge in [0.25, 0.3) is 0 Å². The molecule has 0 spiro atoms. The summed E-state index contributed by atoms with van der Waals surface area (Å²) in [5, 5.41) is 19.6. The molecule has 5 nitrogen and oxygen atoms in total. The van der Waals surface area contributed by atoms with Gasteiger partial charge in [0.15, 0.2) is 0 Å². The number of carboxylic acid groups (broad SMARTS) is 1. The average Bonchev–Trinajstić information content (AvgIpc) is 2.55. The summed E-state index contributed by atoms with van der Waals surface area (Å²) in [6.45, 7) is -0.730. The van der Waals surface area contributed by atoms with E-state index in [1.165, 1.54) is 0 Å². The van der Waals surface area contributed by atoms with Crippen LogP contribution < -0.4 is 0 Å². The second kappa shape index (κ2) is 4.66. The summed E-state index contributed by atoms with van der Waals surface area (Å²) in [5.41, 5.74) is 0.237. The zero-order valence-corrected chi connectivity index (χ0v) is 9.97. The molecule has 1 saturated carbocycles. The Morgan fingerprint density at radius 1 is 1.67 bits per heavy atom. The topological polar surface area (TPSA) is 80.4 Å². The number of nitrogens with zero attached hydrogens (tertiary/aromatic N) is 1. The van der Waals surface area contributed by atoms with E-state index >= 15 is 0 Å². The molecule has 0 heterocycles. The minimum Gasteiger partial charge on any atom is -0.481 e. The number of nitro groups is 1. The van der Waals surface area contributed by atoms with Gasteiger partial charge < -0.3 is 5.11 Å². The summed E-state index contributed by atoms with van der Waals surface area (Å²) >= 11 is 0.